The third-order valence-corrected chi connectivity index (χ3v) is 3.79. The normalized spacial score (nSPS) is 10.7. The Morgan fingerprint density at radius 2 is 1.96 bits per heavy atom. The second-order valence-corrected chi connectivity index (χ2v) is 5.79. The minimum Gasteiger partial charge on any atom is -0.492 e. The van der Waals surface area contributed by atoms with Crippen LogP contribution in [0.3, 0.4) is 0 Å². The Hall–Kier alpha value is -2.53. The molecule has 0 atom stereocenters. The maximum Gasteiger partial charge on any atom is 0.220 e. The molecule has 0 radical (unpaired) electrons. The van der Waals surface area contributed by atoms with E-state index in [1.54, 1.807) is 24.3 Å². The van der Waals surface area contributed by atoms with Gasteiger partial charge >= 0.3 is 0 Å². The first kappa shape index (κ1) is 16.3. The number of para-hydroxylation sites is 2. The van der Waals surface area contributed by atoms with E-state index in [4.69, 9.17) is 16.3 Å². The van der Waals surface area contributed by atoms with E-state index >= 15 is 0 Å². The van der Waals surface area contributed by atoms with Crippen LogP contribution in [-0.2, 0) is 11.2 Å². The largest absolute Gasteiger partial charge is 0.492 e. The van der Waals surface area contributed by atoms with Gasteiger partial charge in [0.25, 0.3) is 0 Å². The second-order valence-electron chi connectivity index (χ2n) is 5.35. The van der Waals surface area contributed by atoms with Crippen LogP contribution in [0, 0.1) is 0 Å². The smallest absolute Gasteiger partial charge is 0.220 e. The van der Waals surface area contributed by atoms with Crippen molar-refractivity contribution in [2.75, 3.05) is 13.2 Å². The van der Waals surface area contributed by atoms with Crippen LogP contribution in [0.2, 0.25) is 5.02 Å². The number of hydrogen-bond acceptors (Lipinski definition) is 3. The lowest BCUT2D eigenvalue weighted by molar-refractivity contribution is -0.121. The van der Waals surface area contributed by atoms with E-state index in [1.807, 2.05) is 24.3 Å². The predicted molar refractivity (Wildman–Crippen MR) is 94.4 cm³/mol. The minimum atomic E-state index is -0.0184. The highest BCUT2D eigenvalue weighted by Gasteiger charge is 2.06. The number of aromatic amines is 1. The van der Waals surface area contributed by atoms with Crippen LogP contribution >= 0.6 is 11.6 Å². The number of imidazole rings is 1. The van der Waals surface area contributed by atoms with Gasteiger partial charge in [-0.25, -0.2) is 4.98 Å². The van der Waals surface area contributed by atoms with Gasteiger partial charge in [0.05, 0.1) is 17.6 Å². The van der Waals surface area contributed by atoms with E-state index in [-0.39, 0.29) is 5.91 Å². The van der Waals surface area contributed by atoms with Gasteiger partial charge in [0.15, 0.2) is 0 Å². The summed E-state index contributed by atoms with van der Waals surface area (Å²) in [5.41, 5.74) is 1.91. The van der Waals surface area contributed by atoms with Gasteiger partial charge in [-0.1, -0.05) is 23.7 Å². The SMILES string of the molecule is O=C(CCc1nc2ccccc2[nH]1)NCCOc1ccc(Cl)cc1. The van der Waals surface area contributed by atoms with Gasteiger partial charge in [0.1, 0.15) is 18.2 Å². The molecule has 0 bridgehead atoms. The number of halogens is 1. The molecule has 0 aliphatic rings. The first-order valence-electron chi connectivity index (χ1n) is 7.79. The Morgan fingerprint density at radius 3 is 2.75 bits per heavy atom. The summed E-state index contributed by atoms with van der Waals surface area (Å²) in [7, 11) is 0. The van der Waals surface area contributed by atoms with Gasteiger partial charge in [0, 0.05) is 17.9 Å². The molecule has 124 valence electrons. The second kappa shape index (κ2) is 7.84. The number of aromatic nitrogens is 2. The number of nitrogens with zero attached hydrogens (tertiary/aromatic N) is 1. The van der Waals surface area contributed by atoms with Gasteiger partial charge in [-0.2, -0.15) is 0 Å². The summed E-state index contributed by atoms with van der Waals surface area (Å²) in [6, 6.07) is 14.9. The van der Waals surface area contributed by atoms with E-state index in [9.17, 15) is 4.79 Å². The summed E-state index contributed by atoms with van der Waals surface area (Å²) in [6.07, 6.45) is 0.972. The van der Waals surface area contributed by atoms with Crippen molar-refractivity contribution in [3.63, 3.8) is 0 Å². The fourth-order valence-electron chi connectivity index (χ4n) is 2.33. The average molecular weight is 344 g/mol. The molecule has 3 rings (SSSR count). The molecule has 0 saturated heterocycles. The molecular formula is C18H18ClN3O2. The van der Waals surface area contributed by atoms with Crippen LogP contribution in [0.15, 0.2) is 48.5 Å². The topological polar surface area (TPSA) is 67.0 Å². The van der Waals surface area contributed by atoms with Crippen molar-refractivity contribution in [3.8, 4) is 5.75 Å². The van der Waals surface area contributed by atoms with Gasteiger partial charge in [-0.3, -0.25) is 4.79 Å². The molecule has 2 N–H and O–H groups in total. The fourth-order valence-corrected chi connectivity index (χ4v) is 2.46. The Morgan fingerprint density at radius 1 is 1.17 bits per heavy atom. The first-order chi connectivity index (χ1) is 11.7. The Kier molecular flexibility index (Phi) is 5.33. The van der Waals surface area contributed by atoms with Crippen molar-refractivity contribution in [1.82, 2.24) is 15.3 Å². The van der Waals surface area contributed by atoms with Crippen LogP contribution in [0.5, 0.6) is 5.75 Å². The number of amides is 1. The quantitative estimate of drug-likeness (QED) is 0.646. The third kappa shape index (κ3) is 4.49. The Labute approximate surface area is 145 Å². The number of carbonyl (C=O) groups excluding carboxylic acids is 1. The molecule has 1 aromatic heterocycles. The summed E-state index contributed by atoms with van der Waals surface area (Å²) >= 11 is 5.81. The van der Waals surface area contributed by atoms with E-state index in [0.29, 0.717) is 31.0 Å². The number of nitrogens with one attached hydrogen (secondary N) is 2. The molecule has 0 aliphatic carbocycles. The number of H-pyrrole nitrogens is 1. The van der Waals surface area contributed by atoms with Crippen LogP contribution in [0.4, 0.5) is 0 Å². The molecule has 0 fully saturated rings. The fraction of sp³-hybridized carbons (Fsp3) is 0.222. The molecule has 6 heteroatoms. The molecule has 3 aromatic rings. The molecule has 2 aromatic carbocycles. The molecular weight excluding hydrogens is 326 g/mol. The lowest BCUT2D eigenvalue weighted by atomic mass is 10.3. The van der Waals surface area contributed by atoms with Crippen LogP contribution in [0.25, 0.3) is 11.0 Å². The molecule has 0 aliphatic heterocycles. The zero-order valence-electron chi connectivity index (χ0n) is 13.1. The number of carbonyl (C=O) groups is 1. The maximum atomic E-state index is 11.9. The number of hydrogen-bond donors (Lipinski definition) is 2. The Bertz CT molecular complexity index is 782. The van der Waals surface area contributed by atoms with Gasteiger partial charge in [0.2, 0.25) is 5.91 Å². The molecule has 0 unspecified atom stereocenters. The van der Waals surface area contributed by atoms with Crippen molar-refractivity contribution < 1.29 is 9.53 Å². The van der Waals surface area contributed by atoms with E-state index in [1.165, 1.54) is 0 Å². The number of benzene rings is 2. The summed E-state index contributed by atoms with van der Waals surface area (Å²) in [5, 5.41) is 3.50. The van der Waals surface area contributed by atoms with Gasteiger partial charge in [-0.15, -0.1) is 0 Å². The van der Waals surface area contributed by atoms with Crippen molar-refractivity contribution >= 4 is 28.5 Å². The lowest BCUT2D eigenvalue weighted by Crippen LogP contribution is -2.28. The summed E-state index contributed by atoms with van der Waals surface area (Å²) in [5.74, 6) is 1.54. The van der Waals surface area contributed by atoms with E-state index in [0.717, 1.165) is 22.6 Å². The number of fused-ring (bicyclic) bond motifs is 1. The van der Waals surface area contributed by atoms with Crippen molar-refractivity contribution in [2.24, 2.45) is 0 Å². The number of aryl methyl sites for hydroxylation is 1. The lowest BCUT2D eigenvalue weighted by Gasteiger charge is -2.07. The molecule has 1 heterocycles. The average Bonchev–Trinajstić information content (AvgIpc) is 3.01. The van der Waals surface area contributed by atoms with Gasteiger partial charge in [-0.05, 0) is 36.4 Å². The summed E-state index contributed by atoms with van der Waals surface area (Å²) in [4.78, 5) is 19.5. The minimum absolute atomic E-state index is 0.0184. The number of ether oxygens (including phenoxy) is 1. The third-order valence-electron chi connectivity index (χ3n) is 3.53. The van der Waals surface area contributed by atoms with Crippen LogP contribution in [0.1, 0.15) is 12.2 Å². The standard InChI is InChI=1S/C18H18ClN3O2/c19-13-5-7-14(8-6-13)24-12-11-20-18(23)10-9-17-21-15-3-1-2-4-16(15)22-17/h1-8H,9-12H2,(H,20,23)(H,21,22). The van der Waals surface area contributed by atoms with Gasteiger partial charge < -0.3 is 15.0 Å². The van der Waals surface area contributed by atoms with E-state index < -0.39 is 0 Å². The molecule has 0 saturated carbocycles. The summed E-state index contributed by atoms with van der Waals surface area (Å²) in [6.45, 7) is 0.875. The zero-order chi connectivity index (χ0) is 16.8. The molecule has 1 amide bonds. The van der Waals surface area contributed by atoms with Crippen LogP contribution < -0.4 is 10.1 Å². The van der Waals surface area contributed by atoms with Crippen molar-refractivity contribution in [3.05, 3.63) is 59.4 Å². The number of rotatable bonds is 7. The predicted octanol–water partition coefficient (Wildman–Crippen LogP) is 3.34. The monoisotopic (exact) mass is 343 g/mol. The highest BCUT2D eigenvalue weighted by molar-refractivity contribution is 6.30. The maximum absolute atomic E-state index is 11.9. The highest BCUT2D eigenvalue weighted by atomic mass is 35.5. The zero-order valence-corrected chi connectivity index (χ0v) is 13.8. The molecule has 0 spiro atoms. The molecule has 24 heavy (non-hydrogen) atoms. The highest BCUT2D eigenvalue weighted by Crippen LogP contribution is 2.15. The van der Waals surface area contributed by atoms with E-state index in [2.05, 4.69) is 15.3 Å². The van der Waals surface area contributed by atoms with Crippen molar-refractivity contribution in [2.45, 2.75) is 12.8 Å². The summed E-state index contributed by atoms with van der Waals surface area (Å²) < 4.78 is 5.52. The first-order valence-corrected chi connectivity index (χ1v) is 8.17. The van der Waals surface area contributed by atoms with Crippen LogP contribution in [-0.4, -0.2) is 29.0 Å². The van der Waals surface area contributed by atoms with Crippen molar-refractivity contribution in [1.29, 1.82) is 0 Å². The molecule has 5 nitrogen and oxygen atoms in total. The Balaban J connectivity index is 1.37.